The van der Waals surface area contributed by atoms with Crippen LogP contribution in [0.2, 0.25) is 0 Å². The lowest BCUT2D eigenvalue weighted by molar-refractivity contribution is 0.159. The predicted octanol–water partition coefficient (Wildman–Crippen LogP) is 3.75. The molecular formula is C15H19NO2. The van der Waals surface area contributed by atoms with E-state index in [4.69, 9.17) is 9.47 Å². The van der Waals surface area contributed by atoms with Gasteiger partial charge in [0.2, 0.25) is 0 Å². The van der Waals surface area contributed by atoms with E-state index in [9.17, 15) is 0 Å². The number of benzene rings is 1. The standard InChI is InChI=1S/C15H19NO2/c1-5-17-13-10-15(3,4)18-14(13)16-12-8-6-11(2)7-9-12/h6-10H,5H2,1-4H3. The normalized spacial score (nSPS) is 19.6. The van der Waals surface area contributed by atoms with Crippen molar-refractivity contribution in [3.63, 3.8) is 0 Å². The fourth-order valence-corrected chi connectivity index (χ4v) is 1.78. The lowest BCUT2D eigenvalue weighted by Crippen LogP contribution is -2.18. The molecule has 0 aromatic heterocycles. The maximum atomic E-state index is 5.78. The Hall–Kier alpha value is -1.77. The van der Waals surface area contributed by atoms with Gasteiger partial charge in [0, 0.05) is 6.08 Å². The van der Waals surface area contributed by atoms with Gasteiger partial charge in [-0.15, -0.1) is 0 Å². The first-order valence-electron chi connectivity index (χ1n) is 6.20. The summed E-state index contributed by atoms with van der Waals surface area (Å²) in [6, 6.07) is 8.01. The van der Waals surface area contributed by atoms with Gasteiger partial charge in [0.25, 0.3) is 5.90 Å². The molecule has 0 spiro atoms. The summed E-state index contributed by atoms with van der Waals surface area (Å²) in [5.74, 6) is 1.29. The molecule has 0 fully saturated rings. The minimum Gasteiger partial charge on any atom is -0.488 e. The molecular weight excluding hydrogens is 226 g/mol. The van der Waals surface area contributed by atoms with E-state index in [0.29, 0.717) is 12.5 Å². The van der Waals surface area contributed by atoms with Gasteiger partial charge >= 0.3 is 0 Å². The molecule has 0 saturated carbocycles. The van der Waals surface area contributed by atoms with Gasteiger partial charge < -0.3 is 9.47 Å². The van der Waals surface area contributed by atoms with Gasteiger partial charge in [-0.05, 0) is 39.8 Å². The second kappa shape index (κ2) is 4.84. The van der Waals surface area contributed by atoms with Crippen LogP contribution in [0.4, 0.5) is 5.69 Å². The van der Waals surface area contributed by atoms with Gasteiger partial charge in [-0.3, -0.25) is 0 Å². The maximum Gasteiger partial charge on any atom is 0.258 e. The van der Waals surface area contributed by atoms with E-state index in [1.54, 1.807) is 0 Å². The van der Waals surface area contributed by atoms with E-state index in [-0.39, 0.29) is 5.60 Å². The average Bonchev–Trinajstić information content (AvgIpc) is 2.57. The first-order valence-corrected chi connectivity index (χ1v) is 6.20. The Morgan fingerprint density at radius 1 is 1.22 bits per heavy atom. The summed E-state index contributed by atoms with van der Waals surface area (Å²) in [4.78, 5) is 4.50. The molecule has 1 heterocycles. The summed E-state index contributed by atoms with van der Waals surface area (Å²) in [6.07, 6.45) is 1.96. The number of hydrogen-bond acceptors (Lipinski definition) is 3. The van der Waals surface area contributed by atoms with Crippen molar-refractivity contribution in [2.45, 2.75) is 33.3 Å². The Morgan fingerprint density at radius 3 is 2.50 bits per heavy atom. The predicted molar refractivity (Wildman–Crippen MR) is 73.1 cm³/mol. The van der Waals surface area contributed by atoms with Crippen LogP contribution in [0.1, 0.15) is 26.3 Å². The molecule has 3 nitrogen and oxygen atoms in total. The first-order chi connectivity index (χ1) is 8.50. The fourth-order valence-electron chi connectivity index (χ4n) is 1.78. The highest BCUT2D eigenvalue weighted by molar-refractivity contribution is 5.96. The second-order valence-corrected chi connectivity index (χ2v) is 4.90. The van der Waals surface area contributed by atoms with Gasteiger partial charge in [0.1, 0.15) is 5.60 Å². The number of ether oxygens (including phenoxy) is 2. The number of aliphatic imine (C=N–C) groups is 1. The number of rotatable bonds is 3. The zero-order chi connectivity index (χ0) is 13.2. The largest absolute Gasteiger partial charge is 0.488 e. The highest BCUT2D eigenvalue weighted by atomic mass is 16.6. The van der Waals surface area contributed by atoms with Crippen molar-refractivity contribution in [3.8, 4) is 0 Å². The molecule has 18 heavy (non-hydrogen) atoms. The smallest absolute Gasteiger partial charge is 0.258 e. The Morgan fingerprint density at radius 2 is 1.89 bits per heavy atom. The summed E-state index contributed by atoms with van der Waals surface area (Å²) in [5, 5.41) is 0. The Labute approximate surface area is 108 Å². The van der Waals surface area contributed by atoms with Crippen LogP contribution < -0.4 is 0 Å². The number of hydrogen-bond donors (Lipinski definition) is 0. The number of aryl methyl sites for hydroxylation is 1. The fraction of sp³-hybridized carbons (Fsp3) is 0.400. The summed E-state index contributed by atoms with van der Waals surface area (Å²) < 4.78 is 11.3. The molecule has 1 aromatic rings. The van der Waals surface area contributed by atoms with E-state index in [1.807, 2.05) is 51.1 Å². The monoisotopic (exact) mass is 245 g/mol. The van der Waals surface area contributed by atoms with Crippen LogP contribution in [0.5, 0.6) is 0 Å². The van der Waals surface area contributed by atoms with Crippen LogP contribution in [-0.4, -0.2) is 18.1 Å². The van der Waals surface area contributed by atoms with Gasteiger partial charge in [-0.1, -0.05) is 17.7 Å². The van der Waals surface area contributed by atoms with Gasteiger partial charge in [-0.25, -0.2) is 4.99 Å². The molecule has 1 aromatic carbocycles. The molecule has 3 heteroatoms. The molecule has 0 saturated heterocycles. The van der Waals surface area contributed by atoms with Gasteiger partial charge in [-0.2, -0.15) is 0 Å². The van der Waals surface area contributed by atoms with Crippen molar-refractivity contribution >= 4 is 11.6 Å². The summed E-state index contributed by atoms with van der Waals surface area (Å²) in [6.45, 7) is 8.60. The molecule has 1 aliphatic rings. The summed E-state index contributed by atoms with van der Waals surface area (Å²) in [7, 11) is 0. The zero-order valence-corrected chi connectivity index (χ0v) is 11.4. The molecule has 0 N–H and O–H groups in total. The molecule has 0 atom stereocenters. The van der Waals surface area contributed by atoms with Crippen LogP contribution in [0.3, 0.4) is 0 Å². The van der Waals surface area contributed by atoms with E-state index >= 15 is 0 Å². The Bertz CT molecular complexity index is 484. The summed E-state index contributed by atoms with van der Waals surface area (Å²) in [5.41, 5.74) is 1.74. The van der Waals surface area contributed by atoms with Crippen LogP contribution in [0, 0.1) is 6.92 Å². The maximum absolute atomic E-state index is 5.78. The minimum atomic E-state index is -0.353. The molecule has 0 radical (unpaired) electrons. The molecule has 96 valence electrons. The van der Waals surface area contributed by atoms with E-state index < -0.39 is 0 Å². The van der Waals surface area contributed by atoms with Crippen LogP contribution >= 0.6 is 0 Å². The Kier molecular flexibility index (Phi) is 3.41. The average molecular weight is 245 g/mol. The van der Waals surface area contributed by atoms with Crippen molar-refractivity contribution in [1.29, 1.82) is 0 Å². The minimum absolute atomic E-state index is 0.353. The lowest BCUT2D eigenvalue weighted by atomic mass is 10.1. The SMILES string of the molecule is CCOC1=CC(C)(C)OC1=Nc1ccc(C)cc1. The number of nitrogens with zero attached hydrogens (tertiary/aromatic N) is 1. The molecule has 2 rings (SSSR count). The van der Waals surface area contributed by atoms with Crippen molar-refractivity contribution in [1.82, 2.24) is 0 Å². The van der Waals surface area contributed by atoms with Crippen molar-refractivity contribution in [2.75, 3.05) is 6.61 Å². The topological polar surface area (TPSA) is 30.8 Å². The first kappa shape index (κ1) is 12.7. The van der Waals surface area contributed by atoms with Gasteiger partial charge in [0.05, 0.1) is 12.3 Å². The van der Waals surface area contributed by atoms with E-state index in [1.165, 1.54) is 5.56 Å². The van der Waals surface area contributed by atoms with Crippen LogP contribution in [0.25, 0.3) is 0 Å². The zero-order valence-electron chi connectivity index (χ0n) is 11.4. The molecule has 0 aliphatic carbocycles. The van der Waals surface area contributed by atoms with Crippen LogP contribution in [0.15, 0.2) is 41.1 Å². The highest BCUT2D eigenvalue weighted by Gasteiger charge is 2.31. The molecule has 0 bridgehead atoms. The van der Waals surface area contributed by atoms with Crippen LogP contribution in [-0.2, 0) is 9.47 Å². The summed E-state index contributed by atoms with van der Waals surface area (Å²) >= 11 is 0. The third kappa shape index (κ3) is 2.92. The molecule has 1 aliphatic heterocycles. The highest BCUT2D eigenvalue weighted by Crippen LogP contribution is 2.27. The third-order valence-corrected chi connectivity index (χ3v) is 2.61. The van der Waals surface area contributed by atoms with Crippen molar-refractivity contribution < 1.29 is 9.47 Å². The molecule has 0 amide bonds. The van der Waals surface area contributed by atoms with E-state index in [0.717, 1.165) is 11.4 Å². The van der Waals surface area contributed by atoms with Gasteiger partial charge in [0.15, 0.2) is 5.76 Å². The van der Waals surface area contributed by atoms with Crippen molar-refractivity contribution in [2.24, 2.45) is 4.99 Å². The van der Waals surface area contributed by atoms with E-state index in [2.05, 4.69) is 11.9 Å². The quantitative estimate of drug-likeness (QED) is 0.812. The second-order valence-electron chi connectivity index (χ2n) is 4.90. The third-order valence-electron chi connectivity index (χ3n) is 2.61. The van der Waals surface area contributed by atoms with Crippen molar-refractivity contribution in [3.05, 3.63) is 41.7 Å². The molecule has 0 unspecified atom stereocenters. The lowest BCUT2D eigenvalue weighted by Gasteiger charge is -2.15. The Balaban J connectivity index is 2.27.